The number of likely N-dealkylation sites (tertiary alicyclic amines) is 1. The third kappa shape index (κ3) is 4.68. The molecule has 2 N–H and O–H groups in total. The van der Waals surface area contributed by atoms with E-state index in [-0.39, 0.29) is 0 Å². The van der Waals surface area contributed by atoms with E-state index < -0.39 is 11.6 Å². The van der Waals surface area contributed by atoms with E-state index in [4.69, 9.17) is 5.11 Å². The van der Waals surface area contributed by atoms with Gasteiger partial charge >= 0.3 is 5.97 Å². The zero-order chi connectivity index (χ0) is 17.9. The Bertz CT molecular complexity index is 731. The Balaban J connectivity index is 1.55. The van der Waals surface area contributed by atoms with Crippen LogP contribution in [0.5, 0.6) is 0 Å². The summed E-state index contributed by atoms with van der Waals surface area (Å²) in [6.07, 6.45) is 2.22. The molecule has 1 saturated heterocycles. The molecule has 132 valence electrons. The van der Waals surface area contributed by atoms with Crippen molar-refractivity contribution >= 4 is 5.97 Å². The molecule has 4 nitrogen and oxygen atoms in total. The molecule has 2 aromatic carbocycles. The van der Waals surface area contributed by atoms with Gasteiger partial charge in [0.05, 0.1) is 11.2 Å². The fourth-order valence-corrected chi connectivity index (χ4v) is 3.52. The maximum atomic E-state index is 10.9. The van der Waals surface area contributed by atoms with Gasteiger partial charge in [-0.1, -0.05) is 42.0 Å². The van der Waals surface area contributed by atoms with E-state index in [1.54, 1.807) is 12.1 Å². The lowest BCUT2D eigenvalue weighted by atomic mass is 9.85. The van der Waals surface area contributed by atoms with Gasteiger partial charge in [0.2, 0.25) is 0 Å². The second-order valence-electron chi connectivity index (χ2n) is 7.17. The quantitative estimate of drug-likeness (QED) is 0.878. The monoisotopic (exact) mass is 339 g/mol. The van der Waals surface area contributed by atoms with E-state index in [1.807, 2.05) is 18.2 Å². The minimum Gasteiger partial charge on any atom is -0.478 e. The van der Waals surface area contributed by atoms with Crippen LogP contribution in [0.1, 0.15) is 39.9 Å². The fourth-order valence-electron chi connectivity index (χ4n) is 3.52. The third-order valence-electron chi connectivity index (χ3n) is 5.01. The summed E-state index contributed by atoms with van der Waals surface area (Å²) in [6.45, 7) is 4.57. The zero-order valence-corrected chi connectivity index (χ0v) is 14.6. The number of aliphatic hydroxyl groups is 1. The molecule has 0 saturated carbocycles. The normalized spacial score (nSPS) is 17.4. The van der Waals surface area contributed by atoms with Gasteiger partial charge in [0.1, 0.15) is 0 Å². The van der Waals surface area contributed by atoms with E-state index in [1.165, 1.54) is 11.1 Å². The van der Waals surface area contributed by atoms with Crippen LogP contribution in [0, 0.1) is 6.92 Å². The van der Waals surface area contributed by atoms with Gasteiger partial charge < -0.3 is 10.2 Å². The Kier molecular flexibility index (Phi) is 5.21. The summed E-state index contributed by atoms with van der Waals surface area (Å²) in [7, 11) is 0. The molecular formula is C21H25NO3. The topological polar surface area (TPSA) is 60.8 Å². The van der Waals surface area contributed by atoms with Gasteiger partial charge in [0.25, 0.3) is 0 Å². The molecule has 1 aliphatic heterocycles. The van der Waals surface area contributed by atoms with E-state index in [2.05, 4.69) is 30.0 Å². The van der Waals surface area contributed by atoms with Gasteiger partial charge in [-0.2, -0.15) is 0 Å². The summed E-state index contributed by atoms with van der Waals surface area (Å²) in [4.78, 5) is 13.2. The van der Waals surface area contributed by atoms with Crippen LogP contribution in [0.25, 0.3) is 0 Å². The second-order valence-corrected chi connectivity index (χ2v) is 7.17. The molecular weight excluding hydrogens is 314 g/mol. The zero-order valence-electron chi connectivity index (χ0n) is 14.6. The van der Waals surface area contributed by atoms with Crippen molar-refractivity contribution < 1.29 is 15.0 Å². The second kappa shape index (κ2) is 7.38. The number of piperidine rings is 1. The number of carbonyl (C=O) groups is 1. The average molecular weight is 339 g/mol. The number of carboxylic acids is 1. The largest absolute Gasteiger partial charge is 0.478 e. The van der Waals surface area contributed by atoms with Crippen molar-refractivity contribution in [3.63, 3.8) is 0 Å². The van der Waals surface area contributed by atoms with Crippen molar-refractivity contribution in [3.8, 4) is 0 Å². The minimum atomic E-state index is -0.897. The van der Waals surface area contributed by atoms with Crippen molar-refractivity contribution in [2.24, 2.45) is 0 Å². The molecule has 2 aromatic rings. The lowest BCUT2D eigenvalue weighted by Crippen LogP contribution is -2.45. The molecule has 0 aromatic heterocycles. The molecule has 0 amide bonds. The van der Waals surface area contributed by atoms with Crippen LogP contribution in [-0.2, 0) is 13.0 Å². The van der Waals surface area contributed by atoms with Crippen LogP contribution in [0.4, 0.5) is 0 Å². The summed E-state index contributed by atoms with van der Waals surface area (Å²) < 4.78 is 0. The minimum absolute atomic E-state index is 0.315. The average Bonchev–Trinajstić information content (AvgIpc) is 2.57. The number of hydrogen-bond acceptors (Lipinski definition) is 3. The highest BCUT2D eigenvalue weighted by Gasteiger charge is 2.32. The molecule has 1 fully saturated rings. The van der Waals surface area contributed by atoms with Gasteiger partial charge in [-0.05, 0) is 43.0 Å². The van der Waals surface area contributed by atoms with Gasteiger partial charge in [-0.25, -0.2) is 4.79 Å². The van der Waals surface area contributed by atoms with E-state index in [9.17, 15) is 9.90 Å². The number of carboxylic acid groups (broad SMARTS) is 1. The molecule has 3 rings (SSSR count). The van der Waals surface area contributed by atoms with Crippen molar-refractivity contribution in [1.82, 2.24) is 4.90 Å². The predicted octanol–water partition coefficient (Wildman–Crippen LogP) is 3.26. The summed E-state index contributed by atoms with van der Waals surface area (Å²) in [5.41, 5.74) is 3.21. The Hall–Kier alpha value is -2.17. The van der Waals surface area contributed by atoms with Crippen molar-refractivity contribution in [2.45, 2.75) is 38.3 Å². The number of benzene rings is 2. The van der Waals surface area contributed by atoms with E-state index in [0.29, 0.717) is 12.0 Å². The Morgan fingerprint density at radius 3 is 2.36 bits per heavy atom. The first-order valence-corrected chi connectivity index (χ1v) is 8.76. The summed E-state index contributed by atoms with van der Waals surface area (Å²) in [5, 5.41) is 19.9. The fraction of sp³-hybridized carbons (Fsp3) is 0.381. The number of hydrogen-bond donors (Lipinski definition) is 2. The lowest BCUT2D eigenvalue weighted by molar-refractivity contribution is -0.0224. The first-order chi connectivity index (χ1) is 11.9. The van der Waals surface area contributed by atoms with E-state index >= 15 is 0 Å². The highest BCUT2D eigenvalue weighted by atomic mass is 16.4. The summed E-state index contributed by atoms with van der Waals surface area (Å²) >= 11 is 0. The molecule has 0 bridgehead atoms. The molecule has 1 aliphatic rings. The molecule has 4 heteroatoms. The standard InChI is InChI=1S/C21H25NO3/c1-16-3-2-4-18(13-16)14-21(25)9-11-22(12-10-21)15-17-5-7-19(8-6-17)20(23)24/h2-8,13,25H,9-12,14-15H2,1H3,(H,23,24). The lowest BCUT2D eigenvalue weighted by Gasteiger charge is -2.38. The highest BCUT2D eigenvalue weighted by Crippen LogP contribution is 2.27. The van der Waals surface area contributed by atoms with Crippen LogP contribution < -0.4 is 0 Å². The summed E-state index contributed by atoms with van der Waals surface area (Å²) in [6, 6.07) is 15.4. The third-order valence-corrected chi connectivity index (χ3v) is 5.01. The first kappa shape index (κ1) is 17.6. The maximum Gasteiger partial charge on any atom is 0.335 e. The number of nitrogens with zero attached hydrogens (tertiary/aromatic N) is 1. The first-order valence-electron chi connectivity index (χ1n) is 8.76. The maximum absolute atomic E-state index is 10.9. The number of rotatable bonds is 5. The van der Waals surface area contributed by atoms with Gasteiger partial charge in [0, 0.05) is 26.1 Å². The van der Waals surface area contributed by atoms with Crippen molar-refractivity contribution in [2.75, 3.05) is 13.1 Å². The predicted molar refractivity (Wildman–Crippen MR) is 97.7 cm³/mol. The molecule has 0 atom stereocenters. The molecule has 1 heterocycles. The van der Waals surface area contributed by atoms with Crippen LogP contribution in [0.2, 0.25) is 0 Å². The van der Waals surface area contributed by atoms with Crippen LogP contribution in [0.15, 0.2) is 48.5 Å². The highest BCUT2D eigenvalue weighted by molar-refractivity contribution is 5.87. The Morgan fingerprint density at radius 2 is 1.76 bits per heavy atom. The van der Waals surface area contributed by atoms with Gasteiger partial charge in [-0.3, -0.25) is 4.90 Å². The molecule has 25 heavy (non-hydrogen) atoms. The van der Waals surface area contributed by atoms with E-state index in [0.717, 1.165) is 38.0 Å². The van der Waals surface area contributed by atoms with Crippen molar-refractivity contribution in [1.29, 1.82) is 0 Å². The van der Waals surface area contributed by atoms with Crippen LogP contribution >= 0.6 is 0 Å². The van der Waals surface area contributed by atoms with Crippen LogP contribution in [-0.4, -0.2) is 39.8 Å². The molecule has 0 unspecified atom stereocenters. The van der Waals surface area contributed by atoms with Crippen LogP contribution in [0.3, 0.4) is 0 Å². The van der Waals surface area contributed by atoms with Crippen molar-refractivity contribution in [3.05, 3.63) is 70.8 Å². The summed E-state index contributed by atoms with van der Waals surface area (Å²) in [5.74, 6) is -0.897. The molecule has 0 spiro atoms. The van der Waals surface area contributed by atoms with Gasteiger partial charge in [-0.15, -0.1) is 0 Å². The van der Waals surface area contributed by atoms with Gasteiger partial charge in [0.15, 0.2) is 0 Å². The molecule has 0 aliphatic carbocycles. The number of aryl methyl sites for hydroxylation is 1. The SMILES string of the molecule is Cc1cccc(CC2(O)CCN(Cc3ccc(C(=O)O)cc3)CC2)c1. The number of aromatic carboxylic acids is 1. The molecule has 0 radical (unpaired) electrons. The smallest absolute Gasteiger partial charge is 0.335 e. The Labute approximate surface area is 148 Å². The Morgan fingerprint density at radius 1 is 1.08 bits per heavy atom.